The van der Waals surface area contributed by atoms with E-state index < -0.39 is 0 Å². The van der Waals surface area contributed by atoms with Crippen LogP contribution in [0.5, 0.6) is 5.75 Å². The van der Waals surface area contributed by atoms with Crippen molar-refractivity contribution < 1.29 is 19.5 Å². The summed E-state index contributed by atoms with van der Waals surface area (Å²) in [6, 6.07) is 1.78. The van der Waals surface area contributed by atoms with Crippen LogP contribution in [0.3, 0.4) is 0 Å². The van der Waals surface area contributed by atoms with Gasteiger partial charge in [0.05, 0.1) is 11.1 Å². The molecular formula is C20H22O4. The normalized spacial score (nSPS) is 34.2. The van der Waals surface area contributed by atoms with Crippen LogP contribution in [-0.2, 0) is 11.2 Å². The lowest BCUT2D eigenvalue weighted by molar-refractivity contribution is -0.129. The molecule has 2 saturated carbocycles. The summed E-state index contributed by atoms with van der Waals surface area (Å²) in [7, 11) is 0. The van der Waals surface area contributed by atoms with Gasteiger partial charge in [-0.2, -0.15) is 0 Å². The highest BCUT2D eigenvalue weighted by atomic mass is 16.3. The molecule has 0 saturated heterocycles. The summed E-state index contributed by atoms with van der Waals surface area (Å²) in [6.45, 7) is 2.13. The van der Waals surface area contributed by atoms with Crippen molar-refractivity contribution in [2.45, 2.75) is 51.4 Å². The van der Waals surface area contributed by atoms with E-state index in [-0.39, 0.29) is 28.2 Å². The van der Waals surface area contributed by atoms with E-state index >= 15 is 0 Å². The molecule has 2 fully saturated rings. The topological polar surface area (TPSA) is 71.4 Å². The molecule has 1 N–H and O–H groups in total. The minimum Gasteiger partial charge on any atom is -0.506 e. The molecule has 24 heavy (non-hydrogen) atoms. The number of fused-ring (bicyclic) bond motifs is 5. The van der Waals surface area contributed by atoms with E-state index in [0.29, 0.717) is 36.6 Å². The minimum atomic E-state index is -0.186. The second-order valence-corrected chi connectivity index (χ2v) is 7.87. The maximum atomic E-state index is 12.4. The van der Waals surface area contributed by atoms with Crippen LogP contribution in [-0.4, -0.2) is 23.5 Å². The van der Waals surface area contributed by atoms with E-state index in [4.69, 9.17) is 0 Å². The van der Waals surface area contributed by atoms with Gasteiger partial charge in [0, 0.05) is 11.8 Å². The van der Waals surface area contributed by atoms with Crippen LogP contribution in [0, 0.1) is 17.3 Å². The Morgan fingerprint density at radius 1 is 1.17 bits per heavy atom. The number of aromatic hydroxyl groups is 1. The van der Waals surface area contributed by atoms with Crippen molar-refractivity contribution in [2.75, 3.05) is 0 Å². The molecule has 1 aromatic carbocycles. The van der Waals surface area contributed by atoms with Crippen molar-refractivity contribution >= 4 is 18.4 Å². The molecule has 3 aliphatic rings. The van der Waals surface area contributed by atoms with Crippen LogP contribution >= 0.6 is 0 Å². The van der Waals surface area contributed by atoms with E-state index in [2.05, 4.69) is 6.92 Å². The zero-order valence-corrected chi connectivity index (χ0v) is 13.9. The summed E-state index contributed by atoms with van der Waals surface area (Å²) in [5, 5.41) is 10.2. The van der Waals surface area contributed by atoms with Crippen molar-refractivity contribution in [1.29, 1.82) is 0 Å². The van der Waals surface area contributed by atoms with Crippen molar-refractivity contribution in [2.24, 2.45) is 17.3 Å². The van der Waals surface area contributed by atoms with Gasteiger partial charge in [-0.15, -0.1) is 0 Å². The average Bonchev–Trinajstić information content (AvgIpc) is 2.89. The number of phenolic OH excluding ortho intramolecular Hbond substituents is 1. The Morgan fingerprint density at radius 2 is 1.96 bits per heavy atom. The molecule has 1 aromatic rings. The fourth-order valence-electron chi connectivity index (χ4n) is 5.76. The van der Waals surface area contributed by atoms with Gasteiger partial charge in [0.2, 0.25) is 0 Å². The van der Waals surface area contributed by atoms with Crippen LogP contribution in [0.2, 0.25) is 0 Å². The molecule has 0 bridgehead atoms. The van der Waals surface area contributed by atoms with Gasteiger partial charge >= 0.3 is 0 Å². The van der Waals surface area contributed by atoms with Crippen LogP contribution in [0.15, 0.2) is 6.07 Å². The summed E-state index contributed by atoms with van der Waals surface area (Å²) < 4.78 is 0. The Balaban J connectivity index is 1.82. The molecule has 0 amide bonds. The number of benzene rings is 1. The van der Waals surface area contributed by atoms with Gasteiger partial charge in [-0.25, -0.2) is 0 Å². The summed E-state index contributed by atoms with van der Waals surface area (Å²) in [4.78, 5) is 35.2. The number of aldehydes is 2. The molecule has 126 valence electrons. The quantitative estimate of drug-likeness (QED) is 0.845. The summed E-state index contributed by atoms with van der Waals surface area (Å²) in [5.74, 6) is 1.35. The number of hydrogen-bond donors (Lipinski definition) is 1. The third-order valence-corrected chi connectivity index (χ3v) is 7.03. The third-order valence-electron chi connectivity index (χ3n) is 7.03. The summed E-state index contributed by atoms with van der Waals surface area (Å²) in [5.41, 5.74) is 2.25. The average molecular weight is 326 g/mol. The maximum Gasteiger partial charge on any atom is 0.154 e. The molecule has 0 unspecified atom stereocenters. The predicted molar refractivity (Wildman–Crippen MR) is 88.5 cm³/mol. The molecule has 0 aliphatic heterocycles. The van der Waals surface area contributed by atoms with E-state index in [1.165, 1.54) is 0 Å². The molecule has 0 heterocycles. The molecule has 0 aromatic heterocycles. The van der Waals surface area contributed by atoms with Crippen molar-refractivity contribution in [3.63, 3.8) is 0 Å². The number of carbonyl (C=O) groups excluding carboxylic acids is 3. The Morgan fingerprint density at radius 3 is 2.67 bits per heavy atom. The number of phenols is 1. The first-order valence-corrected chi connectivity index (χ1v) is 8.83. The van der Waals surface area contributed by atoms with Crippen LogP contribution < -0.4 is 0 Å². The van der Waals surface area contributed by atoms with Crippen LogP contribution in [0.25, 0.3) is 0 Å². The van der Waals surface area contributed by atoms with Crippen molar-refractivity contribution in [3.8, 4) is 5.75 Å². The lowest BCUT2D eigenvalue weighted by atomic mass is 9.55. The highest BCUT2D eigenvalue weighted by Gasteiger charge is 2.54. The van der Waals surface area contributed by atoms with Gasteiger partial charge in [0.1, 0.15) is 11.5 Å². The molecule has 4 rings (SSSR count). The van der Waals surface area contributed by atoms with Crippen molar-refractivity contribution in [1.82, 2.24) is 0 Å². The summed E-state index contributed by atoms with van der Waals surface area (Å²) in [6.07, 6.45) is 6.43. The van der Waals surface area contributed by atoms with E-state index in [1.54, 1.807) is 6.07 Å². The lowest BCUT2D eigenvalue weighted by Crippen LogP contribution is -2.42. The monoisotopic (exact) mass is 326 g/mol. The maximum absolute atomic E-state index is 12.4. The Bertz CT molecular complexity index is 750. The molecule has 4 nitrogen and oxygen atoms in total. The number of hydrogen-bond acceptors (Lipinski definition) is 4. The van der Waals surface area contributed by atoms with Gasteiger partial charge in [-0.1, -0.05) is 6.92 Å². The van der Waals surface area contributed by atoms with Crippen LogP contribution in [0.4, 0.5) is 0 Å². The molecular weight excluding hydrogens is 304 g/mol. The van der Waals surface area contributed by atoms with Crippen LogP contribution in [0.1, 0.15) is 76.8 Å². The van der Waals surface area contributed by atoms with Gasteiger partial charge in [0.15, 0.2) is 12.6 Å². The zero-order chi connectivity index (χ0) is 17.1. The van der Waals surface area contributed by atoms with Gasteiger partial charge in [0.25, 0.3) is 0 Å². The smallest absolute Gasteiger partial charge is 0.154 e. The minimum absolute atomic E-state index is 0.184. The Hall–Kier alpha value is -1.97. The first kappa shape index (κ1) is 15.6. The fourth-order valence-corrected chi connectivity index (χ4v) is 5.76. The Labute approximate surface area is 141 Å². The largest absolute Gasteiger partial charge is 0.506 e. The predicted octanol–water partition coefficient (Wildman–Crippen LogP) is 3.44. The highest BCUT2D eigenvalue weighted by Crippen LogP contribution is 2.60. The SMILES string of the molecule is C[C@]12CC[C@@H]3c4cc(C=O)c(O)c(C=O)c4CC[C@H]3[C@@H]1CCC2=O. The van der Waals surface area contributed by atoms with E-state index in [0.717, 1.165) is 43.2 Å². The highest BCUT2D eigenvalue weighted by molar-refractivity contribution is 5.91. The number of ketones is 1. The standard InChI is InChI=1S/C20H22O4/c1-20-7-6-13-14(17(20)4-5-18(20)23)3-2-12-15(13)8-11(9-21)19(24)16(12)10-22/h8-10,13-14,17,24H,2-7H2,1H3/t13-,14+,17-,20-/m0/s1. The lowest BCUT2D eigenvalue weighted by Gasteiger charge is -2.48. The van der Waals surface area contributed by atoms with Gasteiger partial charge in [-0.3, -0.25) is 14.4 Å². The van der Waals surface area contributed by atoms with Crippen molar-refractivity contribution in [3.05, 3.63) is 28.3 Å². The van der Waals surface area contributed by atoms with Gasteiger partial charge in [-0.05, 0) is 67.1 Å². The summed E-state index contributed by atoms with van der Waals surface area (Å²) >= 11 is 0. The van der Waals surface area contributed by atoms with E-state index in [9.17, 15) is 19.5 Å². The first-order chi connectivity index (χ1) is 11.5. The second kappa shape index (κ2) is 5.27. The van der Waals surface area contributed by atoms with E-state index in [1.807, 2.05) is 0 Å². The number of Topliss-reactive ketones (excluding diaryl/α,β-unsaturated/α-hetero) is 1. The third kappa shape index (κ3) is 1.89. The molecule has 4 atom stereocenters. The molecule has 0 radical (unpaired) electrons. The Kier molecular flexibility index (Phi) is 3.41. The number of carbonyl (C=O) groups is 3. The fraction of sp³-hybridized carbons (Fsp3) is 0.550. The molecule has 0 spiro atoms. The molecule has 4 heteroatoms. The number of rotatable bonds is 2. The van der Waals surface area contributed by atoms with Gasteiger partial charge < -0.3 is 5.11 Å². The first-order valence-electron chi connectivity index (χ1n) is 8.83. The second-order valence-electron chi connectivity index (χ2n) is 7.87. The molecule has 3 aliphatic carbocycles. The zero-order valence-electron chi connectivity index (χ0n) is 13.9.